The van der Waals surface area contributed by atoms with E-state index in [4.69, 9.17) is 0 Å². The fourth-order valence-corrected chi connectivity index (χ4v) is 4.72. The molecule has 0 unspecified atom stereocenters. The van der Waals surface area contributed by atoms with Crippen molar-refractivity contribution >= 4 is 32.2 Å². The molecule has 6 nitrogen and oxygen atoms in total. The molecule has 0 fully saturated rings. The van der Waals surface area contributed by atoms with Crippen molar-refractivity contribution in [3.05, 3.63) is 75.8 Å². The van der Waals surface area contributed by atoms with Crippen LogP contribution >= 0.6 is 0 Å². The number of anilines is 1. The Morgan fingerprint density at radius 1 is 0.963 bits per heavy atom. The normalized spacial score (nSPS) is 11.5. The maximum absolute atomic E-state index is 13.1. The number of nitrogens with zero attached hydrogens (tertiary/aromatic N) is 1. The van der Waals surface area contributed by atoms with E-state index in [9.17, 15) is 18.5 Å². The van der Waals surface area contributed by atoms with E-state index in [-0.39, 0.29) is 16.3 Å². The predicted octanol–water partition coefficient (Wildman–Crippen LogP) is 4.67. The number of sulfonamides is 1. The molecule has 0 saturated carbocycles. The highest BCUT2D eigenvalue weighted by Crippen LogP contribution is 2.32. The molecule has 3 aromatic carbocycles. The summed E-state index contributed by atoms with van der Waals surface area (Å²) in [6.07, 6.45) is 1.31. The van der Waals surface area contributed by atoms with Crippen LogP contribution in [0.5, 0.6) is 0 Å². The number of aryl methyl sites for hydroxylation is 2. The molecule has 140 valence electrons. The van der Waals surface area contributed by atoms with Crippen molar-refractivity contribution in [2.24, 2.45) is 0 Å². The van der Waals surface area contributed by atoms with Crippen LogP contribution in [0.25, 0.3) is 10.8 Å². The lowest BCUT2D eigenvalue weighted by molar-refractivity contribution is -0.383. The van der Waals surface area contributed by atoms with Crippen molar-refractivity contribution in [2.45, 2.75) is 31.6 Å². The molecule has 0 aliphatic heterocycles. The van der Waals surface area contributed by atoms with Crippen LogP contribution in [-0.4, -0.2) is 13.3 Å². The Kier molecular flexibility index (Phi) is 5.14. The van der Waals surface area contributed by atoms with Gasteiger partial charge in [0, 0.05) is 6.07 Å². The molecule has 0 saturated heterocycles. The second-order valence-corrected chi connectivity index (χ2v) is 7.80. The van der Waals surface area contributed by atoms with E-state index in [2.05, 4.69) is 4.72 Å². The molecule has 0 aromatic heterocycles. The van der Waals surface area contributed by atoms with Gasteiger partial charge in [0.15, 0.2) is 0 Å². The number of hydrogen-bond acceptors (Lipinski definition) is 4. The standard InChI is InChI=1S/C20H20N2O4S/c1-3-14-8-7-9-15-12-13-19(16(4-2)20(14)15)27(25,26)21-17-10-5-6-11-18(17)22(23)24/h5-13,21H,3-4H2,1-2H3. The number of benzene rings is 3. The topological polar surface area (TPSA) is 89.3 Å². The van der Waals surface area contributed by atoms with Gasteiger partial charge in [-0.05, 0) is 46.9 Å². The van der Waals surface area contributed by atoms with Crippen LogP contribution in [0.1, 0.15) is 25.0 Å². The Labute approximate surface area is 158 Å². The summed E-state index contributed by atoms with van der Waals surface area (Å²) in [5.41, 5.74) is 1.46. The lowest BCUT2D eigenvalue weighted by Crippen LogP contribution is -2.16. The van der Waals surface area contributed by atoms with Crippen LogP contribution in [0.4, 0.5) is 11.4 Å². The zero-order chi connectivity index (χ0) is 19.6. The molecule has 1 N–H and O–H groups in total. The van der Waals surface area contributed by atoms with Gasteiger partial charge in [0.2, 0.25) is 0 Å². The summed E-state index contributed by atoms with van der Waals surface area (Å²) >= 11 is 0. The third-order valence-corrected chi connectivity index (χ3v) is 6.02. The van der Waals surface area contributed by atoms with Gasteiger partial charge >= 0.3 is 0 Å². The number of fused-ring (bicyclic) bond motifs is 1. The summed E-state index contributed by atoms with van der Waals surface area (Å²) < 4.78 is 28.5. The molecule has 7 heteroatoms. The van der Waals surface area contributed by atoms with Gasteiger partial charge in [-0.25, -0.2) is 8.42 Å². The molecule has 3 aromatic rings. The summed E-state index contributed by atoms with van der Waals surface area (Å²) in [4.78, 5) is 10.7. The number of nitrogens with one attached hydrogen (secondary N) is 1. The van der Waals surface area contributed by atoms with E-state index in [1.807, 2.05) is 32.0 Å². The Bertz CT molecular complexity index is 1120. The molecule has 3 rings (SSSR count). The molecular weight excluding hydrogens is 364 g/mol. The zero-order valence-corrected chi connectivity index (χ0v) is 15.9. The van der Waals surface area contributed by atoms with Crippen LogP contribution in [0, 0.1) is 10.1 Å². The number of rotatable bonds is 6. The van der Waals surface area contributed by atoms with Gasteiger partial charge in [0.25, 0.3) is 15.7 Å². The number of para-hydroxylation sites is 2. The maximum Gasteiger partial charge on any atom is 0.293 e. The minimum absolute atomic E-state index is 0.0478. The van der Waals surface area contributed by atoms with Gasteiger partial charge in [-0.2, -0.15) is 0 Å². The Hall–Kier alpha value is -2.93. The molecule has 0 amide bonds. The van der Waals surface area contributed by atoms with Crippen LogP contribution in [0.15, 0.2) is 59.5 Å². The predicted molar refractivity (Wildman–Crippen MR) is 107 cm³/mol. The van der Waals surface area contributed by atoms with E-state index < -0.39 is 14.9 Å². The number of nitro benzene ring substituents is 1. The molecule has 27 heavy (non-hydrogen) atoms. The van der Waals surface area contributed by atoms with Crippen molar-refractivity contribution in [3.8, 4) is 0 Å². The van der Waals surface area contributed by atoms with Gasteiger partial charge in [-0.1, -0.05) is 50.2 Å². The zero-order valence-electron chi connectivity index (χ0n) is 15.1. The maximum atomic E-state index is 13.1. The Balaban J connectivity index is 2.18. The molecule has 0 radical (unpaired) electrons. The average molecular weight is 384 g/mol. The molecule has 0 aliphatic rings. The van der Waals surface area contributed by atoms with E-state index in [0.29, 0.717) is 6.42 Å². The molecule has 0 heterocycles. The fourth-order valence-electron chi connectivity index (χ4n) is 3.33. The summed E-state index contributed by atoms with van der Waals surface area (Å²) in [6.45, 7) is 3.94. The molecule has 0 bridgehead atoms. The van der Waals surface area contributed by atoms with Crippen LogP contribution < -0.4 is 4.72 Å². The highest BCUT2D eigenvalue weighted by atomic mass is 32.2. The minimum atomic E-state index is -3.98. The SMILES string of the molecule is CCc1cccc2ccc(S(=O)(=O)Nc3ccccc3[N+](=O)[O-])c(CC)c12. The molecule has 0 atom stereocenters. The monoisotopic (exact) mass is 384 g/mol. The second-order valence-electron chi connectivity index (χ2n) is 6.14. The summed E-state index contributed by atoms with van der Waals surface area (Å²) in [7, 11) is -3.98. The van der Waals surface area contributed by atoms with E-state index in [0.717, 1.165) is 28.3 Å². The highest BCUT2D eigenvalue weighted by Gasteiger charge is 2.24. The van der Waals surface area contributed by atoms with Crippen molar-refractivity contribution in [2.75, 3.05) is 4.72 Å². The van der Waals surface area contributed by atoms with Gasteiger partial charge in [-0.15, -0.1) is 0 Å². The van der Waals surface area contributed by atoms with Crippen LogP contribution in [0.2, 0.25) is 0 Å². The van der Waals surface area contributed by atoms with Gasteiger partial charge < -0.3 is 0 Å². The van der Waals surface area contributed by atoms with E-state index in [1.54, 1.807) is 18.2 Å². The van der Waals surface area contributed by atoms with Crippen LogP contribution in [0.3, 0.4) is 0 Å². The van der Waals surface area contributed by atoms with Gasteiger partial charge in [-0.3, -0.25) is 14.8 Å². The first kappa shape index (κ1) is 18.8. The molecule has 0 aliphatic carbocycles. The minimum Gasteiger partial charge on any atom is -0.273 e. The van der Waals surface area contributed by atoms with Gasteiger partial charge in [0.1, 0.15) is 5.69 Å². The average Bonchev–Trinajstić information content (AvgIpc) is 2.66. The summed E-state index contributed by atoms with van der Waals surface area (Å²) in [5.74, 6) is 0. The first-order valence-corrected chi connectivity index (χ1v) is 10.2. The molecular formula is C20H20N2O4S. The summed E-state index contributed by atoms with van der Waals surface area (Å²) in [6, 6.07) is 15.0. The van der Waals surface area contributed by atoms with Crippen molar-refractivity contribution in [1.82, 2.24) is 0 Å². The lowest BCUT2D eigenvalue weighted by atomic mass is 9.96. The fraction of sp³-hybridized carbons (Fsp3) is 0.200. The number of nitro groups is 1. The molecule has 0 spiro atoms. The second kappa shape index (κ2) is 7.36. The smallest absolute Gasteiger partial charge is 0.273 e. The highest BCUT2D eigenvalue weighted by molar-refractivity contribution is 7.92. The van der Waals surface area contributed by atoms with Gasteiger partial charge in [0.05, 0.1) is 9.82 Å². The van der Waals surface area contributed by atoms with E-state index in [1.165, 1.54) is 18.2 Å². The Morgan fingerprint density at radius 2 is 1.70 bits per heavy atom. The summed E-state index contributed by atoms with van der Waals surface area (Å²) in [5, 5.41) is 13.1. The van der Waals surface area contributed by atoms with Crippen LogP contribution in [-0.2, 0) is 22.9 Å². The quantitative estimate of drug-likeness (QED) is 0.494. The first-order valence-electron chi connectivity index (χ1n) is 8.68. The first-order chi connectivity index (χ1) is 12.9. The third kappa shape index (κ3) is 3.50. The van der Waals surface area contributed by atoms with Crippen molar-refractivity contribution in [3.63, 3.8) is 0 Å². The van der Waals surface area contributed by atoms with Crippen molar-refractivity contribution in [1.29, 1.82) is 0 Å². The largest absolute Gasteiger partial charge is 0.293 e. The Morgan fingerprint density at radius 3 is 2.37 bits per heavy atom. The van der Waals surface area contributed by atoms with Crippen molar-refractivity contribution < 1.29 is 13.3 Å². The lowest BCUT2D eigenvalue weighted by Gasteiger charge is -2.16. The van der Waals surface area contributed by atoms with E-state index >= 15 is 0 Å². The third-order valence-electron chi connectivity index (χ3n) is 4.57. The number of hydrogen-bond donors (Lipinski definition) is 1.